The first kappa shape index (κ1) is 20.5. The lowest BCUT2D eigenvalue weighted by molar-refractivity contribution is -0.116. The van der Waals surface area contributed by atoms with Crippen LogP contribution in [0.15, 0.2) is 59.8 Å². The van der Waals surface area contributed by atoms with Crippen LogP contribution in [0.5, 0.6) is 5.75 Å². The van der Waals surface area contributed by atoms with Crippen molar-refractivity contribution in [3.63, 3.8) is 0 Å². The van der Waals surface area contributed by atoms with Gasteiger partial charge in [-0.15, -0.1) is 10.2 Å². The van der Waals surface area contributed by atoms with Crippen molar-refractivity contribution in [3.8, 4) is 5.75 Å². The Morgan fingerprint density at radius 3 is 2.70 bits per heavy atom. The van der Waals surface area contributed by atoms with E-state index in [0.717, 1.165) is 41.8 Å². The summed E-state index contributed by atoms with van der Waals surface area (Å²) in [5.74, 6) is 2.00. The number of thioether (sulfide) groups is 1. The van der Waals surface area contributed by atoms with Gasteiger partial charge in [0.15, 0.2) is 17.1 Å². The van der Waals surface area contributed by atoms with Crippen LogP contribution in [0.1, 0.15) is 37.8 Å². The largest absolute Gasteiger partial charge is 0.483 e. The predicted octanol–water partition coefficient (Wildman–Crippen LogP) is 4.51. The second-order valence-corrected chi connectivity index (χ2v) is 8.17. The van der Waals surface area contributed by atoms with Gasteiger partial charge in [0, 0.05) is 18.8 Å². The summed E-state index contributed by atoms with van der Waals surface area (Å²) in [5.41, 5.74) is 2.28. The molecule has 1 aliphatic heterocycles. The van der Waals surface area contributed by atoms with E-state index in [4.69, 9.17) is 4.74 Å². The number of amides is 1. The molecule has 0 unspecified atom stereocenters. The number of aromatic nitrogens is 3. The minimum absolute atomic E-state index is 0.105. The van der Waals surface area contributed by atoms with Crippen LogP contribution >= 0.6 is 11.8 Å². The first-order valence-corrected chi connectivity index (χ1v) is 11.3. The molecule has 6 nitrogen and oxygen atoms in total. The Bertz CT molecular complexity index is 1010. The third-order valence-electron chi connectivity index (χ3n) is 5.22. The van der Waals surface area contributed by atoms with E-state index in [-0.39, 0.29) is 12.0 Å². The van der Waals surface area contributed by atoms with E-state index in [0.29, 0.717) is 12.3 Å². The Labute approximate surface area is 181 Å². The molecule has 7 heteroatoms. The van der Waals surface area contributed by atoms with Crippen molar-refractivity contribution < 1.29 is 9.53 Å². The van der Waals surface area contributed by atoms with Gasteiger partial charge in [0.25, 0.3) is 0 Å². The number of carbonyl (C=O) groups is 1. The maximum Gasteiger partial charge on any atom is 0.237 e. The van der Waals surface area contributed by atoms with Crippen LogP contribution in [0.4, 0.5) is 5.69 Å². The molecule has 30 heavy (non-hydrogen) atoms. The average Bonchev–Trinajstić information content (AvgIpc) is 3.21. The summed E-state index contributed by atoms with van der Waals surface area (Å²) in [6.07, 6.45) is 1.79. The second-order valence-electron chi connectivity index (χ2n) is 7.22. The van der Waals surface area contributed by atoms with Gasteiger partial charge in [-0.25, -0.2) is 0 Å². The molecule has 0 aliphatic carbocycles. The van der Waals surface area contributed by atoms with E-state index < -0.39 is 0 Å². The zero-order valence-corrected chi connectivity index (χ0v) is 18.1. The van der Waals surface area contributed by atoms with E-state index >= 15 is 0 Å². The number of para-hydroxylation sites is 2. The smallest absolute Gasteiger partial charge is 0.237 e. The van der Waals surface area contributed by atoms with E-state index in [2.05, 4.69) is 23.2 Å². The van der Waals surface area contributed by atoms with Gasteiger partial charge in [-0.2, -0.15) is 0 Å². The summed E-state index contributed by atoms with van der Waals surface area (Å²) in [4.78, 5) is 14.8. The van der Waals surface area contributed by atoms with Crippen molar-refractivity contribution in [1.29, 1.82) is 0 Å². The Balaban J connectivity index is 1.44. The maximum atomic E-state index is 12.9. The first-order chi connectivity index (χ1) is 14.7. The Kier molecular flexibility index (Phi) is 6.38. The van der Waals surface area contributed by atoms with Gasteiger partial charge in [-0.05, 0) is 50.5 Å². The molecule has 156 valence electrons. The average molecular weight is 423 g/mol. The maximum absolute atomic E-state index is 12.9. The lowest BCUT2D eigenvalue weighted by Crippen LogP contribution is -2.36. The van der Waals surface area contributed by atoms with Gasteiger partial charge in [0.1, 0.15) is 5.75 Å². The van der Waals surface area contributed by atoms with Crippen LogP contribution in [0, 0.1) is 0 Å². The van der Waals surface area contributed by atoms with Crippen LogP contribution in [-0.4, -0.2) is 33.0 Å². The fourth-order valence-electron chi connectivity index (χ4n) is 3.76. The Morgan fingerprint density at radius 2 is 1.90 bits per heavy atom. The molecule has 0 saturated carbocycles. The van der Waals surface area contributed by atoms with Crippen molar-refractivity contribution >= 4 is 23.4 Å². The highest BCUT2D eigenvalue weighted by Gasteiger charge is 2.24. The molecule has 0 radical (unpaired) electrons. The van der Waals surface area contributed by atoms with Crippen LogP contribution in [-0.2, 0) is 17.8 Å². The van der Waals surface area contributed by atoms with Gasteiger partial charge < -0.3 is 14.2 Å². The monoisotopic (exact) mass is 422 g/mol. The Hall–Kier alpha value is -2.80. The standard InChI is InChI=1S/C23H26N4O2S/c1-3-26-22(17(2)29-19-12-5-4-6-13-19)24-25-23(26)30-16-21(28)27-15-9-11-18-10-7-8-14-20(18)27/h4-8,10,12-14,17H,3,9,11,15-16H2,1-2H3/t17-/m1/s1. The summed E-state index contributed by atoms with van der Waals surface area (Å²) < 4.78 is 8.03. The molecule has 3 aromatic rings. The molecule has 2 aromatic carbocycles. The van der Waals surface area contributed by atoms with Gasteiger partial charge in [0.2, 0.25) is 5.91 Å². The summed E-state index contributed by atoms with van der Waals surface area (Å²) in [6, 6.07) is 17.9. The highest BCUT2D eigenvalue weighted by molar-refractivity contribution is 7.99. The third kappa shape index (κ3) is 4.36. The summed E-state index contributed by atoms with van der Waals surface area (Å²) in [7, 11) is 0. The highest BCUT2D eigenvalue weighted by atomic mass is 32.2. The fraction of sp³-hybridized carbons (Fsp3) is 0.348. The number of ether oxygens (including phenoxy) is 1. The number of fused-ring (bicyclic) bond motifs is 1. The molecule has 2 heterocycles. The number of rotatable bonds is 7. The third-order valence-corrected chi connectivity index (χ3v) is 6.17. The molecule has 1 atom stereocenters. The van der Waals surface area contributed by atoms with E-state index in [1.165, 1.54) is 17.3 Å². The van der Waals surface area contributed by atoms with Crippen molar-refractivity contribution in [1.82, 2.24) is 14.8 Å². The number of aryl methyl sites for hydroxylation is 1. The molecule has 0 spiro atoms. The fourth-order valence-corrected chi connectivity index (χ4v) is 4.64. The zero-order valence-electron chi connectivity index (χ0n) is 17.3. The predicted molar refractivity (Wildman–Crippen MR) is 119 cm³/mol. The molecule has 4 rings (SSSR count). The van der Waals surface area contributed by atoms with Crippen molar-refractivity contribution in [2.75, 3.05) is 17.2 Å². The number of anilines is 1. The second kappa shape index (κ2) is 9.34. The SMILES string of the molecule is CCn1c(SCC(=O)N2CCCc3ccccc32)nnc1[C@@H](C)Oc1ccccc1. The molecular formula is C23H26N4O2S. The van der Waals surface area contributed by atoms with Crippen LogP contribution in [0.25, 0.3) is 0 Å². The molecule has 0 fully saturated rings. The lowest BCUT2D eigenvalue weighted by atomic mass is 10.0. The summed E-state index contributed by atoms with van der Waals surface area (Å²) >= 11 is 1.44. The quantitative estimate of drug-likeness (QED) is 0.524. The molecule has 0 saturated heterocycles. The lowest BCUT2D eigenvalue weighted by Gasteiger charge is -2.29. The highest BCUT2D eigenvalue weighted by Crippen LogP contribution is 2.29. The van der Waals surface area contributed by atoms with E-state index in [9.17, 15) is 4.79 Å². The van der Waals surface area contributed by atoms with E-state index in [1.807, 2.05) is 64.9 Å². The van der Waals surface area contributed by atoms with Gasteiger partial charge in [-0.3, -0.25) is 4.79 Å². The van der Waals surface area contributed by atoms with Crippen LogP contribution in [0.3, 0.4) is 0 Å². The van der Waals surface area contributed by atoms with Crippen LogP contribution in [0.2, 0.25) is 0 Å². The minimum atomic E-state index is -0.237. The number of carbonyl (C=O) groups excluding carboxylic acids is 1. The van der Waals surface area contributed by atoms with Crippen LogP contribution < -0.4 is 9.64 Å². The normalized spacial score (nSPS) is 14.3. The van der Waals surface area contributed by atoms with E-state index in [1.54, 1.807) is 0 Å². The van der Waals surface area contributed by atoms with Gasteiger partial charge in [-0.1, -0.05) is 48.2 Å². The first-order valence-electron chi connectivity index (χ1n) is 10.3. The molecule has 1 aromatic heterocycles. The molecular weight excluding hydrogens is 396 g/mol. The minimum Gasteiger partial charge on any atom is -0.483 e. The van der Waals surface area contributed by atoms with Crippen molar-refractivity contribution in [3.05, 3.63) is 66.0 Å². The number of benzene rings is 2. The Morgan fingerprint density at radius 1 is 1.13 bits per heavy atom. The molecule has 0 bridgehead atoms. The van der Waals surface area contributed by atoms with Gasteiger partial charge in [0.05, 0.1) is 5.75 Å². The summed E-state index contributed by atoms with van der Waals surface area (Å²) in [5, 5.41) is 9.43. The van der Waals surface area contributed by atoms with Crippen molar-refractivity contribution in [2.24, 2.45) is 0 Å². The van der Waals surface area contributed by atoms with Crippen molar-refractivity contribution in [2.45, 2.75) is 44.5 Å². The van der Waals surface area contributed by atoms with Gasteiger partial charge >= 0.3 is 0 Å². The number of hydrogen-bond donors (Lipinski definition) is 0. The zero-order chi connectivity index (χ0) is 20.9. The molecule has 1 aliphatic rings. The summed E-state index contributed by atoms with van der Waals surface area (Å²) in [6.45, 7) is 5.50. The number of hydrogen-bond acceptors (Lipinski definition) is 5. The molecule has 0 N–H and O–H groups in total. The number of nitrogens with zero attached hydrogens (tertiary/aromatic N) is 4. The topological polar surface area (TPSA) is 60.2 Å². The molecule has 1 amide bonds.